The van der Waals surface area contributed by atoms with Gasteiger partial charge in [0.1, 0.15) is 28.0 Å². The molecule has 2 heterocycles. The molecule has 0 spiro atoms. The molecule has 4 N–H and O–H groups in total. The molecule has 2 aromatic heterocycles. The van der Waals surface area contributed by atoms with Gasteiger partial charge in [0.15, 0.2) is 0 Å². The lowest BCUT2D eigenvalue weighted by molar-refractivity contribution is 0.0960. The van der Waals surface area contributed by atoms with Crippen molar-refractivity contribution in [3.05, 3.63) is 83.4 Å². The van der Waals surface area contributed by atoms with Crippen LogP contribution in [-0.4, -0.2) is 17.4 Å². The van der Waals surface area contributed by atoms with Gasteiger partial charge in [0, 0.05) is 17.8 Å². The van der Waals surface area contributed by atoms with Crippen LogP contribution >= 0.6 is 11.3 Å². The van der Waals surface area contributed by atoms with E-state index in [4.69, 9.17) is 5.73 Å². The highest BCUT2D eigenvalue weighted by Crippen LogP contribution is 2.44. The van der Waals surface area contributed by atoms with Crippen LogP contribution in [0.5, 0.6) is 0 Å². The standard InChI is InChI=1S/C28H27N5OS/c1-5-14-31-27(34)23-24-25(35-28(23)32-20-12-10-18(11-13-20)16(2)3)22(21(15-29)26(30)33-24)19-8-6-17(4)7-9-19/h5-13,16,32H,1,14H2,2-4H3,(H2,30,33)(H,31,34). The largest absolute Gasteiger partial charge is 0.383 e. The monoisotopic (exact) mass is 481 g/mol. The van der Waals surface area contributed by atoms with Crippen molar-refractivity contribution in [1.29, 1.82) is 5.26 Å². The minimum Gasteiger partial charge on any atom is -0.383 e. The first-order valence-corrected chi connectivity index (χ1v) is 12.1. The second-order valence-corrected chi connectivity index (χ2v) is 9.63. The van der Waals surface area contributed by atoms with E-state index >= 15 is 0 Å². The summed E-state index contributed by atoms with van der Waals surface area (Å²) in [5, 5.41) is 16.8. The van der Waals surface area contributed by atoms with Crippen LogP contribution in [0.1, 0.15) is 46.8 Å². The molecule has 7 heteroatoms. The van der Waals surface area contributed by atoms with Crippen molar-refractivity contribution in [2.75, 3.05) is 17.6 Å². The molecule has 2 aromatic carbocycles. The van der Waals surface area contributed by atoms with Gasteiger partial charge in [0.25, 0.3) is 5.91 Å². The van der Waals surface area contributed by atoms with Gasteiger partial charge in [-0.25, -0.2) is 4.98 Å². The third-order valence-corrected chi connectivity index (χ3v) is 6.88. The summed E-state index contributed by atoms with van der Waals surface area (Å²) in [5.74, 6) is 0.227. The highest BCUT2D eigenvalue weighted by atomic mass is 32.1. The van der Waals surface area contributed by atoms with Crippen molar-refractivity contribution in [1.82, 2.24) is 10.3 Å². The van der Waals surface area contributed by atoms with Crippen LogP contribution < -0.4 is 16.4 Å². The molecule has 4 rings (SSSR count). The minimum absolute atomic E-state index is 0.0963. The number of anilines is 3. The average molecular weight is 482 g/mol. The summed E-state index contributed by atoms with van der Waals surface area (Å²) in [4.78, 5) is 17.8. The van der Waals surface area contributed by atoms with Crippen LogP contribution in [-0.2, 0) is 0 Å². The number of nitriles is 1. The van der Waals surface area contributed by atoms with Crippen LogP contribution in [0.3, 0.4) is 0 Å². The Morgan fingerprint density at radius 2 is 1.89 bits per heavy atom. The van der Waals surface area contributed by atoms with Gasteiger partial charge in [-0.1, -0.05) is 61.9 Å². The molecule has 176 valence electrons. The molecular formula is C28H27N5OS. The zero-order valence-electron chi connectivity index (χ0n) is 20.0. The molecule has 0 fully saturated rings. The third-order valence-electron chi connectivity index (χ3n) is 5.77. The number of nitrogens with zero attached hydrogens (tertiary/aromatic N) is 2. The highest BCUT2D eigenvalue weighted by Gasteiger charge is 2.26. The van der Waals surface area contributed by atoms with Gasteiger partial charge in [-0.3, -0.25) is 4.79 Å². The number of thiophene rings is 1. The van der Waals surface area contributed by atoms with Gasteiger partial charge in [-0.2, -0.15) is 5.26 Å². The van der Waals surface area contributed by atoms with Crippen molar-refractivity contribution in [3.8, 4) is 17.2 Å². The van der Waals surface area contributed by atoms with Gasteiger partial charge >= 0.3 is 0 Å². The Bertz CT molecular complexity index is 1440. The van der Waals surface area contributed by atoms with E-state index in [1.165, 1.54) is 16.9 Å². The van der Waals surface area contributed by atoms with Crippen molar-refractivity contribution in [2.24, 2.45) is 0 Å². The quantitative estimate of drug-likeness (QED) is 0.261. The van der Waals surface area contributed by atoms with Gasteiger partial charge in [0.05, 0.1) is 10.2 Å². The predicted octanol–water partition coefficient (Wildman–Crippen LogP) is 6.51. The lowest BCUT2D eigenvalue weighted by Crippen LogP contribution is -2.23. The van der Waals surface area contributed by atoms with Crippen LogP contribution in [0.2, 0.25) is 0 Å². The maximum absolute atomic E-state index is 13.3. The number of hydrogen-bond acceptors (Lipinski definition) is 6. The molecule has 0 saturated carbocycles. The smallest absolute Gasteiger partial charge is 0.256 e. The molecule has 0 radical (unpaired) electrons. The molecular weight excluding hydrogens is 454 g/mol. The molecule has 0 bridgehead atoms. The second kappa shape index (κ2) is 10.00. The number of hydrogen-bond donors (Lipinski definition) is 3. The summed E-state index contributed by atoms with van der Waals surface area (Å²) in [6.45, 7) is 10.3. The normalized spacial score (nSPS) is 10.8. The topological polar surface area (TPSA) is 104 Å². The molecule has 35 heavy (non-hydrogen) atoms. The van der Waals surface area contributed by atoms with Crippen LogP contribution in [0, 0.1) is 18.3 Å². The molecule has 0 atom stereocenters. The Morgan fingerprint density at radius 1 is 1.20 bits per heavy atom. The van der Waals surface area contributed by atoms with Gasteiger partial charge in [-0.15, -0.1) is 17.9 Å². The summed E-state index contributed by atoms with van der Waals surface area (Å²) >= 11 is 1.39. The Labute approximate surface area is 209 Å². The Kier molecular flexibility index (Phi) is 6.85. The lowest BCUT2D eigenvalue weighted by atomic mass is 9.99. The number of carbonyl (C=O) groups excluding carboxylic acids is 1. The van der Waals surface area contributed by atoms with E-state index in [1.54, 1.807) is 6.08 Å². The van der Waals surface area contributed by atoms with E-state index in [9.17, 15) is 10.1 Å². The zero-order chi connectivity index (χ0) is 25.1. The van der Waals surface area contributed by atoms with E-state index < -0.39 is 0 Å². The molecule has 4 aromatic rings. The van der Waals surface area contributed by atoms with Crippen molar-refractivity contribution in [3.63, 3.8) is 0 Å². The fourth-order valence-corrected chi connectivity index (χ4v) is 5.09. The number of amides is 1. The molecule has 1 amide bonds. The number of nitrogens with one attached hydrogen (secondary N) is 2. The Hall–Kier alpha value is -4.15. The summed E-state index contributed by atoms with van der Waals surface area (Å²) in [6.07, 6.45) is 1.62. The van der Waals surface area contributed by atoms with Gasteiger partial charge in [0.2, 0.25) is 0 Å². The summed E-state index contributed by atoms with van der Waals surface area (Å²) in [7, 11) is 0. The average Bonchev–Trinajstić information content (AvgIpc) is 3.19. The van der Waals surface area contributed by atoms with Crippen molar-refractivity contribution >= 4 is 44.0 Å². The van der Waals surface area contributed by atoms with E-state index in [0.29, 0.717) is 39.7 Å². The zero-order valence-corrected chi connectivity index (χ0v) is 20.8. The number of aryl methyl sites for hydroxylation is 1. The molecule has 0 saturated heterocycles. The van der Waals surface area contributed by atoms with E-state index in [0.717, 1.165) is 21.5 Å². The number of aromatic nitrogens is 1. The fraction of sp³-hybridized carbons (Fsp3) is 0.179. The van der Waals surface area contributed by atoms with Crippen LogP contribution in [0.15, 0.2) is 61.2 Å². The Morgan fingerprint density at radius 3 is 2.49 bits per heavy atom. The van der Waals surface area contributed by atoms with Crippen LogP contribution in [0.4, 0.5) is 16.5 Å². The van der Waals surface area contributed by atoms with Gasteiger partial charge in [-0.05, 0) is 36.1 Å². The first kappa shape index (κ1) is 24.0. The molecule has 0 unspecified atom stereocenters. The minimum atomic E-state index is -0.288. The number of benzene rings is 2. The molecule has 0 aliphatic rings. The van der Waals surface area contributed by atoms with Crippen molar-refractivity contribution in [2.45, 2.75) is 26.7 Å². The number of rotatable bonds is 7. The SMILES string of the molecule is C=CCNC(=O)c1c(Nc2ccc(C(C)C)cc2)sc2c(-c3ccc(C)cc3)c(C#N)c(N)nc12. The van der Waals surface area contributed by atoms with E-state index in [1.807, 2.05) is 43.3 Å². The van der Waals surface area contributed by atoms with E-state index in [-0.39, 0.29) is 11.7 Å². The number of carbonyl (C=O) groups is 1. The van der Waals surface area contributed by atoms with Crippen molar-refractivity contribution < 1.29 is 4.79 Å². The lowest BCUT2D eigenvalue weighted by Gasteiger charge is -2.10. The summed E-state index contributed by atoms with van der Waals surface area (Å²) in [6, 6.07) is 18.2. The number of fused-ring (bicyclic) bond motifs is 1. The number of nitrogen functional groups attached to an aromatic ring is 1. The fourth-order valence-electron chi connectivity index (χ4n) is 3.86. The first-order valence-electron chi connectivity index (χ1n) is 11.3. The van der Waals surface area contributed by atoms with Crippen LogP contribution in [0.25, 0.3) is 21.3 Å². The van der Waals surface area contributed by atoms with Gasteiger partial charge < -0.3 is 16.4 Å². The number of nitrogens with two attached hydrogens (primary N) is 1. The highest BCUT2D eigenvalue weighted by molar-refractivity contribution is 7.24. The van der Waals surface area contributed by atoms with E-state index in [2.05, 4.69) is 54.2 Å². The maximum Gasteiger partial charge on any atom is 0.256 e. The summed E-state index contributed by atoms with van der Waals surface area (Å²) < 4.78 is 0.727. The molecule has 0 aliphatic carbocycles. The number of pyridine rings is 1. The third kappa shape index (κ3) is 4.75. The summed E-state index contributed by atoms with van der Waals surface area (Å²) in [5.41, 5.74) is 12.1. The molecule has 6 nitrogen and oxygen atoms in total. The maximum atomic E-state index is 13.3. The first-order chi connectivity index (χ1) is 16.8. The molecule has 0 aliphatic heterocycles. The predicted molar refractivity (Wildman–Crippen MR) is 145 cm³/mol. The Balaban J connectivity index is 1.95. The second-order valence-electron chi connectivity index (χ2n) is 8.61.